The van der Waals surface area contributed by atoms with Crippen LogP contribution in [0.3, 0.4) is 0 Å². The molecule has 0 saturated carbocycles. The first kappa shape index (κ1) is 16.3. The van der Waals surface area contributed by atoms with Crippen LogP contribution in [0.1, 0.15) is 23.2 Å². The Balaban J connectivity index is 1.84. The van der Waals surface area contributed by atoms with Crippen LogP contribution >= 0.6 is 0 Å². The van der Waals surface area contributed by atoms with Crippen LogP contribution in [0.4, 0.5) is 11.5 Å². The lowest BCUT2D eigenvalue weighted by Gasteiger charge is -2.30. The van der Waals surface area contributed by atoms with Crippen LogP contribution in [0.5, 0.6) is 5.75 Å². The number of amides is 1. The fraction of sp³-hybridized carbons (Fsp3) is 0.333. The number of nitrogens with one attached hydrogen (secondary N) is 1. The van der Waals surface area contributed by atoms with Crippen molar-refractivity contribution >= 4 is 17.4 Å². The molecule has 1 aliphatic heterocycles. The normalized spacial score (nSPS) is 15.2. The van der Waals surface area contributed by atoms with Crippen LogP contribution in [-0.4, -0.2) is 47.2 Å². The van der Waals surface area contributed by atoms with Crippen molar-refractivity contribution in [1.29, 1.82) is 0 Å². The molecule has 6 nitrogen and oxygen atoms in total. The minimum Gasteiger partial charge on any atom is -0.495 e. The van der Waals surface area contributed by atoms with Crippen molar-refractivity contribution in [2.75, 3.05) is 25.5 Å². The summed E-state index contributed by atoms with van der Waals surface area (Å²) in [7, 11) is 1.60. The van der Waals surface area contributed by atoms with E-state index in [1.165, 1.54) is 0 Å². The molecule has 2 aromatic rings. The molecule has 1 fully saturated rings. The van der Waals surface area contributed by atoms with Crippen LogP contribution in [0.25, 0.3) is 0 Å². The SMILES string of the molecule is COc1ccccc1Nc1ncccc1C(=O)N1CCC(O)CC1. The van der Waals surface area contributed by atoms with Gasteiger partial charge in [-0.15, -0.1) is 0 Å². The Hall–Kier alpha value is -2.60. The first-order chi connectivity index (χ1) is 11.7. The highest BCUT2D eigenvalue weighted by Crippen LogP contribution is 2.28. The predicted molar refractivity (Wildman–Crippen MR) is 91.7 cm³/mol. The Kier molecular flexibility index (Phi) is 4.96. The summed E-state index contributed by atoms with van der Waals surface area (Å²) in [5.41, 5.74) is 1.27. The number of aliphatic hydroxyl groups excluding tert-OH is 1. The maximum atomic E-state index is 12.8. The minimum absolute atomic E-state index is 0.0765. The lowest BCUT2D eigenvalue weighted by atomic mass is 10.1. The molecule has 126 valence electrons. The fourth-order valence-electron chi connectivity index (χ4n) is 2.79. The molecule has 0 atom stereocenters. The van der Waals surface area contributed by atoms with Crippen molar-refractivity contribution in [3.8, 4) is 5.75 Å². The van der Waals surface area contributed by atoms with Crippen LogP contribution in [0, 0.1) is 0 Å². The number of rotatable bonds is 4. The smallest absolute Gasteiger partial charge is 0.257 e. The fourth-order valence-corrected chi connectivity index (χ4v) is 2.79. The third-order valence-electron chi connectivity index (χ3n) is 4.15. The summed E-state index contributed by atoms with van der Waals surface area (Å²) in [5.74, 6) is 1.10. The van der Waals surface area contributed by atoms with Crippen molar-refractivity contribution in [1.82, 2.24) is 9.88 Å². The predicted octanol–water partition coefficient (Wildman–Crippen LogP) is 2.43. The highest BCUT2D eigenvalue weighted by Gasteiger charge is 2.24. The molecular weight excluding hydrogens is 306 g/mol. The quantitative estimate of drug-likeness (QED) is 0.902. The van der Waals surface area contributed by atoms with Crippen molar-refractivity contribution in [2.24, 2.45) is 0 Å². The third kappa shape index (κ3) is 3.49. The molecule has 1 amide bonds. The Labute approximate surface area is 141 Å². The molecule has 0 aliphatic carbocycles. The maximum Gasteiger partial charge on any atom is 0.257 e. The number of carbonyl (C=O) groups is 1. The van der Waals surface area contributed by atoms with E-state index in [4.69, 9.17) is 4.74 Å². The summed E-state index contributed by atoms with van der Waals surface area (Å²) in [4.78, 5) is 18.9. The first-order valence-electron chi connectivity index (χ1n) is 8.01. The number of piperidine rings is 1. The third-order valence-corrected chi connectivity index (χ3v) is 4.15. The van der Waals surface area contributed by atoms with Crippen molar-refractivity contribution in [2.45, 2.75) is 18.9 Å². The Morgan fingerprint density at radius 3 is 2.75 bits per heavy atom. The average Bonchev–Trinajstić information content (AvgIpc) is 2.63. The number of anilines is 2. The van der Waals surface area contributed by atoms with E-state index < -0.39 is 0 Å². The van der Waals surface area contributed by atoms with Crippen LogP contribution in [0.15, 0.2) is 42.6 Å². The van der Waals surface area contributed by atoms with Gasteiger partial charge in [0, 0.05) is 19.3 Å². The van der Waals surface area contributed by atoms with Gasteiger partial charge in [-0.1, -0.05) is 12.1 Å². The topological polar surface area (TPSA) is 74.7 Å². The molecule has 2 N–H and O–H groups in total. The van der Waals surface area contributed by atoms with Gasteiger partial charge in [0.25, 0.3) is 5.91 Å². The molecule has 6 heteroatoms. The summed E-state index contributed by atoms with van der Waals surface area (Å²) in [6.07, 6.45) is 2.56. The molecule has 0 bridgehead atoms. The van der Waals surface area contributed by atoms with E-state index in [0.717, 1.165) is 5.69 Å². The van der Waals surface area contributed by atoms with Gasteiger partial charge < -0.3 is 20.1 Å². The van der Waals surface area contributed by atoms with Crippen LogP contribution in [-0.2, 0) is 0 Å². The minimum atomic E-state index is -0.311. The van der Waals surface area contributed by atoms with Gasteiger partial charge in [0.2, 0.25) is 0 Å². The van der Waals surface area contributed by atoms with Gasteiger partial charge in [-0.25, -0.2) is 4.98 Å². The second-order valence-corrected chi connectivity index (χ2v) is 5.75. The van der Waals surface area contributed by atoms with E-state index in [0.29, 0.717) is 43.1 Å². The van der Waals surface area contributed by atoms with Crippen molar-refractivity contribution in [3.05, 3.63) is 48.2 Å². The summed E-state index contributed by atoms with van der Waals surface area (Å²) in [5, 5.41) is 12.8. The molecule has 1 aromatic carbocycles. The number of para-hydroxylation sites is 2. The number of hydrogen-bond acceptors (Lipinski definition) is 5. The van der Waals surface area contributed by atoms with Gasteiger partial charge in [0.05, 0.1) is 24.5 Å². The number of likely N-dealkylation sites (tertiary alicyclic amines) is 1. The molecule has 1 saturated heterocycles. The lowest BCUT2D eigenvalue weighted by Crippen LogP contribution is -2.40. The van der Waals surface area contributed by atoms with Gasteiger partial charge in [-0.2, -0.15) is 0 Å². The number of benzene rings is 1. The zero-order chi connectivity index (χ0) is 16.9. The van der Waals surface area contributed by atoms with Crippen molar-refractivity contribution < 1.29 is 14.6 Å². The van der Waals surface area contributed by atoms with E-state index in [1.807, 2.05) is 24.3 Å². The number of methoxy groups -OCH3 is 1. The van der Waals surface area contributed by atoms with Crippen LogP contribution in [0.2, 0.25) is 0 Å². The molecule has 1 aliphatic rings. The van der Waals surface area contributed by atoms with Crippen LogP contribution < -0.4 is 10.1 Å². The highest BCUT2D eigenvalue weighted by atomic mass is 16.5. The van der Waals surface area contributed by atoms with Crippen molar-refractivity contribution in [3.63, 3.8) is 0 Å². The van der Waals surface area contributed by atoms with Gasteiger partial charge in [-0.3, -0.25) is 4.79 Å². The highest BCUT2D eigenvalue weighted by molar-refractivity contribution is 5.99. The van der Waals surface area contributed by atoms with E-state index in [2.05, 4.69) is 10.3 Å². The van der Waals surface area contributed by atoms with E-state index in [-0.39, 0.29) is 12.0 Å². The molecule has 0 spiro atoms. The van der Waals surface area contributed by atoms with E-state index in [1.54, 1.807) is 30.3 Å². The molecular formula is C18H21N3O3. The molecule has 3 rings (SSSR count). The zero-order valence-corrected chi connectivity index (χ0v) is 13.6. The van der Waals surface area contributed by atoms with E-state index in [9.17, 15) is 9.90 Å². The second kappa shape index (κ2) is 7.31. The van der Waals surface area contributed by atoms with Gasteiger partial charge in [-0.05, 0) is 37.1 Å². The lowest BCUT2D eigenvalue weighted by molar-refractivity contribution is 0.0547. The number of aromatic nitrogens is 1. The number of carbonyl (C=O) groups excluding carboxylic acids is 1. The number of ether oxygens (including phenoxy) is 1. The Morgan fingerprint density at radius 1 is 1.25 bits per heavy atom. The van der Waals surface area contributed by atoms with Gasteiger partial charge in [0.1, 0.15) is 11.6 Å². The monoisotopic (exact) mass is 327 g/mol. The first-order valence-corrected chi connectivity index (χ1v) is 8.01. The van der Waals surface area contributed by atoms with Gasteiger partial charge >= 0.3 is 0 Å². The summed E-state index contributed by atoms with van der Waals surface area (Å²) in [6.45, 7) is 1.12. The zero-order valence-electron chi connectivity index (χ0n) is 13.6. The average molecular weight is 327 g/mol. The summed E-state index contributed by atoms with van der Waals surface area (Å²) in [6, 6.07) is 11.0. The summed E-state index contributed by atoms with van der Waals surface area (Å²) < 4.78 is 5.33. The molecule has 0 radical (unpaired) electrons. The maximum absolute atomic E-state index is 12.8. The largest absolute Gasteiger partial charge is 0.495 e. The Bertz CT molecular complexity index is 712. The van der Waals surface area contributed by atoms with E-state index >= 15 is 0 Å². The molecule has 24 heavy (non-hydrogen) atoms. The number of aliphatic hydroxyl groups is 1. The molecule has 0 unspecified atom stereocenters. The number of pyridine rings is 1. The molecule has 2 heterocycles. The molecule has 1 aromatic heterocycles. The summed E-state index contributed by atoms with van der Waals surface area (Å²) >= 11 is 0. The standard InChI is InChI=1S/C18H21N3O3/c1-24-16-7-3-2-6-15(16)20-17-14(5-4-10-19-17)18(23)21-11-8-13(22)9-12-21/h2-7,10,13,22H,8-9,11-12H2,1H3,(H,19,20). The Morgan fingerprint density at radius 2 is 2.00 bits per heavy atom. The number of hydrogen-bond donors (Lipinski definition) is 2. The number of nitrogens with zero attached hydrogens (tertiary/aromatic N) is 2. The van der Waals surface area contributed by atoms with Gasteiger partial charge in [0.15, 0.2) is 0 Å². The second-order valence-electron chi connectivity index (χ2n) is 5.75.